The van der Waals surface area contributed by atoms with E-state index >= 15 is 0 Å². The van der Waals surface area contributed by atoms with Crippen LogP contribution in [-0.4, -0.2) is 35.6 Å². The molecule has 2 N–H and O–H groups in total. The number of halogens is 1. The summed E-state index contributed by atoms with van der Waals surface area (Å²) in [5, 5.41) is 11.7. The molecular weight excluding hydrogens is 324 g/mol. The lowest BCUT2D eigenvalue weighted by Crippen LogP contribution is -2.36. The van der Waals surface area contributed by atoms with E-state index in [2.05, 4.69) is 21.2 Å². The Morgan fingerprint density at radius 1 is 1.35 bits per heavy atom. The van der Waals surface area contributed by atoms with Crippen molar-refractivity contribution in [2.75, 3.05) is 18.9 Å². The van der Waals surface area contributed by atoms with Gasteiger partial charge < -0.3 is 15.3 Å². The maximum absolute atomic E-state index is 12.1. The maximum Gasteiger partial charge on any atom is 0.321 e. The van der Waals surface area contributed by atoms with Crippen LogP contribution in [0.3, 0.4) is 0 Å². The smallest absolute Gasteiger partial charge is 0.321 e. The zero-order valence-electron chi connectivity index (χ0n) is 12.0. The number of benzene rings is 1. The lowest BCUT2D eigenvalue weighted by atomic mass is 10.1. The number of hydrogen-bond acceptors (Lipinski definition) is 2. The molecule has 0 spiro atoms. The average molecular weight is 343 g/mol. The van der Waals surface area contributed by atoms with E-state index < -0.39 is 11.9 Å². The van der Waals surface area contributed by atoms with Crippen LogP contribution in [0.1, 0.15) is 18.1 Å². The molecular formula is C14H19BrN2O3. The molecule has 2 amide bonds. The van der Waals surface area contributed by atoms with Crippen molar-refractivity contribution in [1.29, 1.82) is 0 Å². The maximum atomic E-state index is 12.1. The van der Waals surface area contributed by atoms with E-state index in [1.54, 1.807) is 14.0 Å². The van der Waals surface area contributed by atoms with E-state index in [1.807, 2.05) is 26.0 Å². The van der Waals surface area contributed by atoms with Gasteiger partial charge in [0.1, 0.15) is 0 Å². The number of carbonyl (C=O) groups is 2. The molecule has 0 aliphatic rings. The Morgan fingerprint density at radius 2 is 1.85 bits per heavy atom. The van der Waals surface area contributed by atoms with Crippen molar-refractivity contribution >= 4 is 33.6 Å². The van der Waals surface area contributed by atoms with E-state index in [0.29, 0.717) is 0 Å². The molecule has 1 atom stereocenters. The molecule has 1 aromatic rings. The summed E-state index contributed by atoms with van der Waals surface area (Å²) in [5.74, 6) is -1.52. The van der Waals surface area contributed by atoms with Crippen molar-refractivity contribution in [3.05, 3.63) is 27.7 Å². The second-order valence-corrected chi connectivity index (χ2v) is 5.88. The summed E-state index contributed by atoms with van der Waals surface area (Å²) in [7, 11) is 1.58. The molecule has 0 heterocycles. The Labute approximate surface area is 127 Å². The summed E-state index contributed by atoms with van der Waals surface area (Å²) in [5.41, 5.74) is 2.66. The molecule has 0 aliphatic heterocycles. The highest BCUT2D eigenvalue weighted by Crippen LogP contribution is 2.25. The SMILES string of the molecule is Cc1cc(Br)cc(C)c1NC(=O)N(C)CC(C)C(=O)O. The summed E-state index contributed by atoms with van der Waals surface area (Å²) in [6.07, 6.45) is 0. The lowest BCUT2D eigenvalue weighted by molar-refractivity contribution is -0.141. The minimum atomic E-state index is -0.916. The van der Waals surface area contributed by atoms with Crippen molar-refractivity contribution in [2.24, 2.45) is 5.92 Å². The third-order valence-corrected chi connectivity index (χ3v) is 3.50. The van der Waals surface area contributed by atoms with Crippen LogP contribution in [0.25, 0.3) is 0 Å². The Kier molecular flexibility index (Phi) is 5.56. The van der Waals surface area contributed by atoms with Gasteiger partial charge in [-0.15, -0.1) is 0 Å². The van der Waals surface area contributed by atoms with Gasteiger partial charge in [-0.2, -0.15) is 0 Å². The summed E-state index contributed by atoms with van der Waals surface area (Å²) in [6, 6.07) is 3.52. The van der Waals surface area contributed by atoms with Crippen LogP contribution >= 0.6 is 15.9 Å². The van der Waals surface area contributed by atoms with Crippen LogP contribution < -0.4 is 5.32 Å². The number of hydrogen-bond donors (Lipinski definition) is 2. The Balaban J connectivity index is 2.78. The average Bonchev–Trinajstić information content (AvgIpc) is 2.32. The number of nitrogens with zero attached hydrogens (tertiary/aromatic N) is 1. The quantitative estimate of drug-likeness (QED) is 0.882. The Bertz CT molecular complexity index is 508. The molecule has 0 saturated heterocycles. The van der Waals surface area contributed by atoms with Crippen LogP contribution in [-0.2, 0) is 4.79 Å². The van der Waals surface area contributed by atoms with Gasteiger partial charge in [0.15, 0.2) is 0 Å². The molecule has 20 heavy (non-hydrogen) atoms. The van der Waals surface area contributed by atoms with Gasteiger partial charge in [-0.1, -0.05) is 22.9 Å². The second-order valence-electron chi connectivity index (χ2n) is 4.96. The molecule has 0 bridgehead atoms. The summed E-state index contributed by atoms with van der Waals surface area (Å²) in [6.45, 7) is 5.55. The van der Waals surface area contributed by atoms with Gasteiger partial charge in [0, 0.05) is 23.8 Å². The highest BCUT2D eigenvalue weighted by molar-refractivity contribution is 9.10. The van der Waals surface area contributed by atoms with Crippen molar-refractivity contribution in [1.82, 2.24) is 4.90 Å². The summed E-state index contributed by atoms with van der Waals surface area (Å²) >= 11 is 3.40. The number of rotatable bonds is 4. The fraction of sp³-hybridized carbons (Fsp3) is 0.429. The van der Waals surface area contributed by atoms with E-state index in [4.69, 9.17) is 5.11 Å². The number of carboxylic acids is 1. The Morgan fingerprint density at radius 3 is 2.30 bits per heavy atom. The largest absolute Gasteiger partial charge is 0.481 e. The van der Waals surface area contributed by atoms with Crippen molar-refractivity contribution in [3.8, 4) is 0 Å². The standard InChI is InChI=1S/C14H19BrN2O3/c1-8-5-11(15)6-9(2)12(8)16-14(20)17(4)7-10(3)13(18)19/h5-6,10H,7H2,1-4H3,(H,16,20)(H,18,19). The summed E-state index contributed by atoms with van der Waals surface area (Å²) in [4.78, 5) is 24.2. The van der Waals surface area contributed by atoms with Gasteiger partial charge in [0.05, 0.1) is 5.92 Å². The predicted octanol–water partition coefficient (Wildman–Crippen LogP) is 3.25. The molecule has 1 unspecified atom stereocenters. The number of nitrogens with one attached hydrogen (secondary N) is 1. The third-order valence-electron chi connectivity index (χ3n) is 3.05. The van der Waals surface area contributed by atoms with Gasteiger partial charge in [-0.3, -0.25) is 4.79 Å². The molecule has 0 fully saturated rings. The lowest BCUT2D eigenvalue weighted by Gasteiger charge is -2.21. The highest BCUT2D eigenvalue weighted by atomic mass is 79.9. The normalized spacial score (nSPS) is 11.8. The predicted molar refractivity (Wildman–Crippen MR) is 82.1 cm³/mol. The van der Waals surface area contributed by atoms with Crippen molar-refractivity contribution < 1.29 is 14.7 Å². The Hall–Kier alpha value is -1.56. The molecule has 0 radical (unpaired) electrons. The fourth-order valence-electron chi connectivity index (χ4n) is 1.88. The van der Waals surface area contributed by atoms with E-state index in [-0.39, 0.29) is 12.6 Å². The first-order valence-electron chi connectivity index (χ1n) is 6.24. The van der Waals surface area contributed by atoms with Crippen LogP contribution in [0.15, 0.2) is 16.6 Å². The number of anilines is 1. The van der Waals surface area contributed by atoms with Gasteiger partial charge >= 0.3 is 12.0 Å². The molecule has 110 valence electrons. The number of amides is 2. The fourth-order valence-corrected chi connectivity index (χ4v) is 2.57. The van der Waals surface area contributed by atoms with Gasteiger partial charge in [-0.05, 0) is 37.1 Å². The van der Waals surface area contributed by atoms with Crippen molar-refractivity contribution in [3.63, 3.8) is 0 Å². The molecule has 0 aromatic heterocycles. The molecule has 0 saturated carbocycles. The molecule has 1 aromatic carbocycles. The number of urea groups is 1. The first-order valence-corrected chi connectivity index (χ1v) is 7.03. The minimum Gasteiger partial charge on any atom is -0.481 e. The van der Waals surface area contributed by atoms with E-state index in [9.17, 15) is 9.59 Å². The highest BCUT2D eigenvalue weighted by Gasteiger charge is 2.18. The third kappa shape index (κ3) is 4.23. The second kappa shape index (κ2) is 6.74. The van der Waals surface area contributed by atoms with Crippen LogP contribution in [0, 0.1) is 19.8 Å². The zero-order chi connectivity index (χ0) is 15.4. The number of aliphatic carboxylic acids is 1. The van der Waals surface area contributed by atoms with Crippen LogP contribution in [0.5, 0.6) is 0 Å². The first-order chi connectivity index (χ1) is 9.22. The monoisotopic (exact) mass is 342 g/mol. The van der Waals surface area contributed by atoms with Gasteiger partial charge in [0.2, 0.25) is 0 Å². The molecule has 0 aliphatic carbocycles. The van der Waals surface area contributed by atoms with E-state index in [0.717, 1.165) is 21.3 Å². The topological polar surface area (TPSA) is 69.6 Å². The molecule has 1 rings (SSSR count). The van der Waals surface area contributed by atoms with Gasteiger partial charge in [-0.25, -0.2) is 4.79 Å². The number of carbonyl (C=O) groups excluding carboxylic acids is 1. The molecule has 5 nitrogen and oxygen atoms in total. The van der Waals surface area contributed by atoms with Crippen LogP contribution in [0.4, 0.5) is 10.5 Å². The first kappa shape index (κ1) is 16.5. The van der Waals surface area contributed by atoms with E-state index in [1.165, 1.54) is 4.90 Å². The zero-order valence-corrected chi connectivity index (χ0v) is 13.6. The minimum absolute atomic E-state index is 0.162. The number of aryl methyl sites for hydroxylation is 2. The molecule has 6 heteroatoms. The van der Waals surface area contributed by atoms with Crippen molar-refractivity contribution in [2.45, 2.75) is 20.8 Å². The van der Waals surface area contributed by atoms with Gasteiger partial charge in [0.25, 0.3) is 0 Å². The van der Waals surface area contributed by atoms with Crippen LogP contribution in [0.2, 0.25) is 0 Å². The summed E-state index contributed by atoms with van der Waals surface area (Å²) < 4.78 is 0.957. The number of carboxylic acid groups (broad SMARTS) is 1.